The maximum atomic E-state index is 13.4. The topological polar surface area (TPSA) is 42.0 Å². The van der Waals surface area contributed by atoms with Gasteiger partial charge in [0.15, 0.2) is 0 Å². The molecule has 0 aromatic heterocycles. The fraction of sp³-hybridized carbons (Fsp3) is 0.536. The van der Waals surface area contributed by atoms with Gasteiger partial charge in [0.2, 0.25) is 0 Å². The molecule has 182 valence electrons. The van der Waals surface area contributed by atoms with Crippen LogP contribution in [0.3, 0.4) is 0 Å². The van der Waals surface area contributed by atoms with Crippen molar-refractivity contribution in [2.24, 2.45) is 5.41 Å². The van der Waals surface area contributed by atoms with Crippen LogP contribution in [0.15, 0.2) is 42.5 Å². The number of halogens is 1. The van der Waals surface area contributed by atoms with Crippen LogP contribution in [0.5, 0.6) is 5.75 Å². The van der Waals surface area contributed by atoms with Gasteiger partial charge in [-0.05, 0) is 74.2 Å². The van der Waals surface area contributed by atoms with Gasteiger partial charge in [-0.25, -0.2) is 4.39 Å². The molecule has 2 aromatic carbocycles. The van der Waals surface area contributed by atoms with Crippen molar-refractivity contribution < 1.29 is 18.7 Å². The van der Waals surface area contributed by atoms with E-state index in [0.717, 1.165) is 37.1 Å². The summed E-state index contributed by atoms with van der Waals surface area (Å²) in [5.74, 6) is 0.465. The molecule has 5 rings (SSSR count). The van der Waals surface area contributed by atoms with Gasteiger partial charge in [-0.1, -0.05) is 25.1 Å². The van der Waals surface area contributed by atoms with Crippen LogP contribution in [0.4, 0.5) is 4.39 Å². The Morgan fingerprint density at radius 2 is 2.00 bits per heavy atom. The van der Waals surface area contributed by atoms with Crippen molar-refractivity contribution in [3.05, 3.63) is 65.0 Å². The molecule has 1 heterocycles. The van der Waals surface area contributed by atoms with Gasteiger partial charge in [0.05, 0.1) is 20.3 Å². The second-order valence-electron chi connectivity index (χ2n) is 10.6. The number of rotatable bonds is 8. The van der Waals surface area contributed by atoms with Crippen molar-refractivity contribution in [1.82, 2.24) is 9.80 Å². The normalized spacial score (nSPS) is 29.4. The molecule has 34 heavy (non-hydrogen) atoms. The molecule has 1 saturated heterocycles. The zero-order valence-corrected chi connectivity index (χ0v) is 20.6. The number of likely N-dealkylation sites (tertiary alicyclic amines) is 1. The number of carbonyl (C=O) groups is 1. The highest BCUT2D eigenvalue weighted by atomic mass is 19.1. The van der Waals surface area contributed by atoms with E-state index in [9.17, 15) is 9.18 Å². The molecule has 5 nitrogen and oxygen atoms in total. The number of methoxy groups -OCH3 is 1. The highest BCUT2D eigenvalue weighted by Crippen LogP contribution is 2.64. The molecule has 1 spiro atoms. The first-order valence-corrected chi connectivity index (χ1v) is 12.3. The summed E-state index contributed by atoms with van der Waals surface area (Å²) in [4.78, 5) is 17.6. The largest absolute Gasteiger partial charge is 0.497 e. The summed E-state index contributed by atoms with van der Waals surface area (Å²) in [6.07, 6.45) is 2.93. The molecular formula is C28H35FN2O3. The van der Waals surface area contributed by atoms with E-state index in [-0.39, 0.29) is 35.2 Å². The summed E-state index contributed by atoms with van der Waals surface area (Å²) >= 11 is 0. The van der Waals surface area contributed by atoms with Gasteiger partial charge in [0.1, 0.15) is 11.6 Å². The van der Waals surface area contributed by atoms with Crippen molar-refractivity contribution in [1.29, 1.82) is 0 Å². The average molecular weight is 467 g/mol. The minimum atomic E-state index is -0.229. The predicted molar refractivity (Wildman–Crippen MR) is 130 cm³/mol. The lowest BCUT2D eigenvalue weighted by molar-refractivity contribution is -0.146. The van der Waals surface area contributed by atoms with E-state index in [1.165, 1.54) is 23.3 Å². The number of benzene rings is 2. The van der Waals surface area contributed by atoms with E-state index in [1.807, 2.05) is 19.1 Å². The summed E-state index contributed by atoms with van der Waals surface area (Å²) in [6, 6.07) is 13.7. The van der Waals surface area contributed by atoms with Crippen molar-refractivity contribution in [3.8, 4) is 5.75 Å². The van der Waals surface area contributed by atoms with Crippen molar-refractivity contribution in [3.63, 3.8) is 0 Å². The Balaban J connectivity index is 1.52. The Kier molecular flexibility index (Phi) is 5.93. The van der Waals surface area contributed by atoms with Crippen molar-refractivity contribution >= 4 is 5.97 Å². The number of esters is 1. The molecule has 6 heteroatoms. The van der Waals surface area contributed by atoms with Crippen LogP contribution in [-0.4, -0.2) is 68.3 Å². The van der Waals surface area contributed by atoms with Gasteiger partial charge in [0.25, 0.3) is 0 Å². The van der Waals surface area contributed by atoms with Crippen LogP contribution in [0.25, 0.3) is 0 Å². The van der Waals surface area contributed by atoms with Crippen molar-refractivity contribution in [2.45, 2.75) is 50.6 Å². The molecule has 0 radical (unpaired) electrons. The van der Waals surface area contributed by atoms with Crippen LogP contribution in [-0.2, 0) is 27.8 Å². The lowest BCUT2D eigenvalue weighted by atomic mass is 9.63. The first-order valence-electron chi connectivity index (χ1n) is 12.3. The van der Waals surface area contributed by atoms with Gasteiger partial charge in [-0.15, -0.1) is 0 Å². The molecule has 2 fully saturated rings. The number of hydrogen-bond acceptors (Lipinski definition) is 5. The summed E-state index contributed by atoms with van der Waals surface area (Å²) in [7, 11) is 3.93. The maximum Gasteiger partial charge on any atom is 0.320 e. The Morgan fingerprint density at radius 1 is 1.24 bits per heavy atom. The van der Waals surface area contributed by atoms with Crippen LogP contribution in [0.2, 0.25) is 0 Å². The van der Waals surface area contributed by atoms with E-state index in [4.69, 9.17) is 9.47 Å². The van der Waals surface area contributed by atoms with Gasteiger partial charge < -0.3 is 14.4 Å². The molecule has 0 N–H and O–H groups in total. The smallest absolute Gasteiger partial charge is 0.320 e. The van der Waals surface area contributed by atoms with E-state index >= 15 is 0 Å². The zero-order valence-electron chi connectivity index (χ0n) is 20.6. The molecule has 2 aliphatic carbocycles. The second-order valence-corrected chi connectivity index (χ2v) is 10.6. The first kappa shape index (κ1) is 23.3. The van der Waals surface area contributed by atoms with Crippen LogP contribution in [0, 0.1) is 11.2 Å². The van der Waals surface area contributed by atoms with Crippen LogP contribution < -0.4 is 4.74 Å². The number of fused-ring (bicyclic) bond motifs is 3. The zero-order chi connectivity index (χ0) is 24.1. The maximum absolute atomic E-state index is 13.4. The monoisotopic (exact) mass is 466 g/mol. The highest BCUT2D eigenvalue weighted by Gasteiger charge is 2.69. The summed E-state index contributed by atoms with van der Waals surface area (Å²) in [5, 5.41) is 0. The minimum absolute atomic E-state index is 0.104. The molecule has 2 bridgehead atoms. The number of likely N-dealkylation sites (N-methyl/N-ethyl adjacent to an activating group) is 1. The fourth-order valence-electron chi connectivity index (χ4n) is 7.40. The Bertz CT molecular complexity index is 1070. The van der Waals surface area contributed by atoms with Crippen LogP contribution in [0.1, 0.15) is 37.0 Å². The van der Waals surface area contributed by atoms with Gasteiger partial charge in [-0.3, -0.25) is 9.69 Å². The molecule has 3 aliphatic rings. The van der Waals surface area contributed by atoms with E-state index < -0.39 is 0 Å². The van der Waals surface area contributed by atoms with Gasteiger partial charge in [-0.2, -0.15) is 0 Å². The molecule has 1 saturated carbocycles. The van der Waals surface area contributed by atoms with E-state index in [2.05, 4.69) is 42.0 Å². The van der Waals surface area contributed by atoms with Crippen LogP contribution >= 0.6 is 0 Å². The number of hydrogen-bond donors (Lipinski definition) is 0. The average Bonchev–Trinajstić information content (AvgIpc) is 2.98. The Hall–Kier alpha value is -2.44. The first-order chi connectivity index (χ1) is 16.3. The number of carbonyl (C=O) groups excluding carboxylic acids is 1. The van der Waals surface area contributed by atoms with E-state index in [0.29, 0.717) is 19.2 Å². The second kappa shape index (κ2) is 8.65. The highest BCUT2D eigenvalue weighted by molar-refractivity contribution is 5.71. The van der Waals surface area contributed by atoms with Gasteiger partial charge in [0, 0.05) is 36.0 Å². The lowest BCUT2D eigenvalue weighted by Crippen LogP contribution is -2.67. The Morgan fingerprint density at radius 3 is 2.68 bits per heavy atom. The molecule has 4 atom stereocenters. The summed E-state index contributed by atoms with van der Waals surface area (Å²) in [5.41, 5.74) is 3.96. The third-order valence-corrected chi connectivity index (χ3v) is 8.44. The summed E-state index contributed by atoms with van der Waals surface area (Å²) in [6.45, 7) is 6.65. The molecule has 0 amide bonds. The summed E-state index contributed by atoms with van der Waals surface area (Å²) < 4.78 is 24.4. The molecular weight excluding hydrogens is 431 g/mol. The van der Waals surface area contributed by atoms with Crippen molar-refractivity contribution in [2.75, 3.05) is 40.4 Å². The molecule has 3 unspecified atom stereocenters. The minimum Gasteiger partial charge on any atom is -0.497 e. The molecule has 1 aliphatic heterocycles. The molecule has 2 aromatic rings. The number of ether oxygens (including phenoxy) is 2. The van der Waals surface area contributed by atoms with E-state index in [1.54, 1.807) is 7.11 Å². The third kappa shape index (κ3) is 3.72. The number of nitrogens with zero attached hydrogens (tertiary/aromatic N) is 2. The van der Waals surface area contributed by atoms with Gasteiger partial charge >= 0.3 is 5.97 Å². The third-order valence-electron chi connectivity index (χ3n) is 8.44. The quantitative estimate of drug-likeness (QED) is 0.553. The fourth-order valence-corrected chi connectivity index (χ4v) is 7.40. The Labute approximate surface area is 201 Å². The lowest BCUT2D eigenvalue weighted by Gasteiger charge is -2.55. The predicted octanol–water partition coefficient (Wildman–Crippen LogP) is 3.83. The standard InChI is InChI=1S/C28H35FN2O3/c1-5-34-24(32)16-31(13-12-19-6-9-21(29)10-7-19)25-26-28(18-30(26)3)15-20-8-11-22(33-4)14-23(20)27(25,2)17-28/h6-11,14,25-26H,5,12-13,15-18H2,1-4H3/t25?,26?,27-,28?/m1/s1. The SMILES string of the molecule is CCOC(=O)CN(CCc1ccc(F)cc1)C1C2N(C)CC23Cc2ccc(OC)cc2[C@@]1(C)C3.